The Kier molecular flexibility index (Phi) is 5.14. The van der Waals surface area contributed by atoms with Crippen LogP contribution >= 0.6 is 0 Å². The Hall–Kier alpha value is -3.89. The van der Waals surface area contributed by atoms with E-state index in [1.54, 1.807) is 24.3 Å². The number of hydrogen-bond donors (Lipinski definition) is 2. The smallest absolute Gasteiger partial charge is 0.353 e. The van der Waals surface area contributed by atoms with E-state index in [4.69, 9.17) is 0 Å². The number of nitrogens with one attached hydrogen (secondary N) is 2. The number of benzene rings is 2. The van der Waals surface area contributed by atoms with E-state index in [9.17, 15) is 35.9 Å². The number of alkyl halides is 6. The lowest BCUT2D eigenvalue weighted by Gasteiger charge is -2.15. The number of nitrogens with zero attached hydrogens (tertiary/aromatic N) is 1. The molecule has 0 bridgehead atoms. The molecule has 0 fully saturated rings. The maximum Gasteiger partial charge on any atom is 0.416 e. The summed E-state index contributed by atoms with van der Waals surface area (Å²) in [5.74, 6) is -1.56. The molecule has 11 heteroatoms. The predicted octanol–water partition coefficient (Wildman–Crippen LogP) is 6.21. The van der Waals surface area contributed by atoms with Crippen LogP contribution in [0, 0.1) is 0 Å². The Morgan fingerprint density at radius 1 is 0.879 bits per heavy atom. The molecule has 0 unspecified atom stereocenters. The highest BCUT2D eigenvalue weighted by Crippen LogP contribution is 2.37. The third-order valence-corrected chi connectivity index (χ3v) is 4.91. The molecular formula is C22H13F6N3O2. The average molecular weight is 465 g/mol. The minimum absolute atomic E-state index is 0.0419. The summed E-state index contributed by atoms with van der Waals surface area (Å²) in [6.07, 6.45) is -10.1. The van der Waals surface area contributed by atoms with E-state index in [2.05, 4.69) is 9.97 Å². The summed E-state index contributed by atoms with van der Waals surface area (Å²) in [5.41, 5.74) is -3.28. The molecule has 33 heavy (non-hydrogen) atoms. The van der Waals surface area contributed by atoms with Gasteiger partial charge in [-0.3, -0.25) is 9.59 Å². The largest absolute Gasteiger partial charge is 0.416 e. The molecule has 4 rings (SSSR count). The predicted molar refractivity (Wildman–Crippen MR) is 108 cm³/mol. The number of ketones is 1. The molecule has 2 heterocycles. The normalized spacial score (nSPS) is 12.3. The highest BCUT2D eigenvalue weighted by molar-refractivity contribution is 6.16. The Bertz CT molecular complexity index is 1390. The Balaban J connectivity index is 1.81. The number of aromatic amines is 1. The van der Waals surface area contributed by atoms with Crippen molar-refractivity contribution < 1.29 is 35.9 Å². The number of halogens is 6. The fourth-order valence-electron chi connectivity index (χ4n) is 3.44. The van der Waals surface area contributed by atoms with Gasteiger partial charge in [0.05, 0.1) is 16.6 Å². The van der Waals surface area contributed by atoms with Crippen molar-refractivity contribution in [3.63, 3.8) is 0 Å². The van der Waals surface area contributed by atoms with Gasteiger partial charge in [-0.15, -0.1) is 0 Å². The van der Waals surface area contributed by atoms with E-state index >= 15 is 0 Å². The van der Waals surface area contributed by atoms with Crippen LogP contribution < -0.4 is 5.32 Å². The highest BCUT2D eigenvalue weighted by Gasteiger charge is 2.37. The second-order valence-corrected chi connectivity index (χ2v) is 7.25. The molecule has 0 aliphatic heterocycles. The SMILES string of the molecule is CC(=O)c1nc(C(=O)Nc2cc(C(F)(F)F)cc(C(F)(F)F)c2)cc2c1[nH]c1ccccc12. The average Bonchev–Trinajstić information content (AvgIpc) is 3.10. The van der Waals surface area contributed by atoms with E-state index in [1.807, 2.05) is 5.32 Å². The lowest BCUT2D eigenvalue weighted by atomic mass is 10.1. The molecular weight excluding hydrogens is 452 g/mol. The molecule has 2 aromatic carbocycles. The van der Waals surface area contributed by atoms with Gasteiger partial charge in [-0.1, -0.05) is 18.2 Å². The summed E-state index contributed by atoms with van der Waals surface area (Å²) >= 11 is 0. The number of anilines is 1. The number of fused-ring (bicyclic) bond motifs is 3. The standard InChI is InChI=1S/C22H13F6N3O2/c1-10(32)18-19-15(14-4-2-3-5-16(14)30-19)9-17(31-18)20(33)29-13-7-11(21(23,24)25)6-12(8-13)22(26,27)28/h2-9,30H,1H3,(H,29,33). The van der Waals surface area contributed by atoms with E-state index < -0.39 is 40.9 Å². The van der Waals surface area contributed by atoms with Crippen molar-refractivity contribution in [2.45, 2.75) is 19.3 Å². The van der Waals surface area contributed by atoms with Crippen molar-refractivity contribution in [1.29, 1.82) is 0 Å². The molecule has 1 amide bonds. The number of Topliss-reactive ketones (excluding diaryl/α,β-unsaturated/α-hetero) is 1. The maximum atomic E-state index is 13.1. The van der Waals surface area contributed by atoms with Gasteiger partial charge < -0.3 is 10.3 Å². The third kappa shape index (κ3) is 4.26. The van der Waals surface area contributed by atoms with Gasteiger partial charge in [-0.2, -0.15) is 26.3 Å². The van der Waals surface area contributed by atoms with Crippen LogP contribution in [0.25, 0.3) is 21.8 Å². The summed E-state index contributed by atoms with van der Waals surface area (Å²) in [6, 6.07) is 8.99. The van der Waals surface area contributed by atoms with Crippen LogP contribution in [-0.4, -0.2) is 21.7 Å². The lowest BCUT2D eigenvalue weighted by molar-refractivity contribution is -0.143. The minimum atomic E-state index is -5.07. The molecule has 5 nitrogen and oxygen atoms in total. The van der Waals surface area contributed by atoms with Crippen molar-refractivity contribution in [3.8, 4) is 0 Å². The zero-order chi connectivity index (χ0) is 24.1. The summed E-state index contributed by atoms with van der Waals surface area (Å²) < 4.78 is 78.6. The first-order valence-corrected chi connectivity index (χ1v) is 9.38. The molecule has 0 aliphatic rings. The topological polar surface area (TPSA) is 74.8 Å². The molecule has 0 atom stereocenters. The van der Waals surface area contributed by atoms with Crippen LogP contribution in [0.4, 0.5) is 32.0 Å². The van der Waals surface area contributed by atoms with Crippen LogP contribution in [0.5, 0.6) is 0 Å². The van der Waals surface area contributed by atoms with E-state index in [1.165, 1.54) is 13.0 Å². The van der Waals surface area contributed by atoms with Crippen LogP contribution in [0.3, 0.4) is 0 Å². The third-order valence-electron chi connectivity index (χ3n) is 4.91. The number of rotatable bonds is 3. The van der Waals surface area contributed by atoms with Crippen molar-refractivity contribution in [3.05, 3.63) is 71.0 Å². The second-order valence-electron chi connectivity index (χ2n) is 7.25. The first-order chi connectivity index (χ1) is 15.3. The van der Waals surface area contributed by atoms with Gasteiger partial charge >= 0.3 is 12.4 Å². The fraction of sp³-hybridized carbons (Fsp3) is 0.136. The number of carbonyl (C=O) groups is 2. The molecule has 0 saturated carbocycles. The molecule has 0 saturated heterocycles. The van der Waals surface area contributed by atoms with E-state index in [0.717, 1.165) is 0 Å². The van der Waals surface area contributed by atoms with Crippen molar-refractivity contribution in [2.75, 3.05) is 5.32 Å². The van der Waals surface area contributed by atoms with Gasteiger partial charge in [-0.05, 0) is 30.3 Å². The number of amides is 1. The molecule has 170 valence electrons. The van der Waals surface area contributed by atoms with Gasteiger partial charge in [0, 0.05) is 28.9 Å². The molecule has 0 radical (unpaired) electrons. The number of aromatic nitrogens is 2. The van der Waals surface area contributed by atoms with E-state index in [-0.39, 0.29) is 17.5 Å². The Morgan fingerprint density at radius 2 is 1.48 bits per heavy atom. The summed E-state index contributed by atoms with van der Waals surface area (Å²) in [7, 11) is 0. The number of pyridine rings is 1. The number of para-hydroxylation sites is 1. The Morgan fingerprint density at radius 3 is 2.06 bits per heavy atom. The molecule has 0 spiro atoms. The minimum Gasteiger partial charge on any atom is -0.353 e. The van der Waals surface area contributed by atoms with Crippen molar-refractivity contribution in [2.24, 2.45) is 0 Å². The first-order valence-electron chi connectivity index (χ1n) is 9.38. The van der Waals surface area contributed by atoms with Crippen LogP contribution in [0.15, 0.2) is 48.5 Å². The molecule has 4 aromatic rings. The van der Waals surface area contributed by atoms with Crippen LogP contribution in [0.1, 0.15) is 39.0 Å². The molecule has 2 aromatic heterocycles. The van der Waals surface area contributed by atoms with Crippen molar-refractivity contribution >= 4 is 39.2 Å². The zero-order valence-corrected chi connectivity index (χ0v) is 16.7. The zero-order valence-electron chi connectivity index (χ0n) is 16.7. The van der Waals surface area contributed by atoms with Crippen molar-refractivity contribution in [1.82, 2.24) is 9.97 Å². The van der Waals surface area contributed by atoms with Crippen LogP contribution in [-0.2, 0) is 12.4 Å². The highest BCUT2D eigenvalue weighted by atomic mass is 19.4. The summed E-state index contributed by atoms with van der Waals surface area (Å²) in [6.45, 7) is 1.22. The monoisotopic (exact) mass is 465 g/mol. The molecule has 0 aliphatic carbocycles. The molecule has 2 N–H and O–H groups in total. The maximum absolute atomic E-state index is 13.1. The fourth-order valence-corrected chi connectivity index (χ4v) is 3.44. The van der Waals surface area contributed by atoms with Gasteiger partial charge in [0.15, 0.2) is 5.78 Å². The first kappa shape index (κ1) is 22.3. The number of H-pyrrole nitrogens is 1. The van der Waals surface area contributed by atoms with E-state index in [0.29, 0.717) is 33.9 Å². The van der Waals surface area contributed by atoms with Crippen LogP contribution in [0.2, 0.25) is 0 Å². The van der Waals surface area contributed by atoms with Gasteiger partial charge in [-0.25, -0.2) is 4.98 Å². The van der Waals surface area contributed by atoms with Gasteiger partial charge in [0.2, 0.25) is 0 Å². The summed E-state index contributed by atoms with van der Waals surface area (Å²) in [4.78, 5) is 31.9. The van der Waals surface area contributed by atoms with Gasteiger partial charge in [0.1, 0.15) is 11.4 Å². The van der Waals surface area contributed by atoms with Gasteiger partial charge in [0.25, 0.3) is 5.91 Å². The summed E-state index contributed by atoms with van der Waals surface area (Å²) in [5, 5.41) is 3.14. The second kappa shape index (κ2) is 7.61. The Labute approximate surface area is 181 Å². The quantitative estimate of drug-likeness (QED) is 0.279. The number of carbonyl (C=O) groups excluding carboxylic acids is 2. The lowest BCUT2D eigenvalue weighted by Crippen LogP contribution is -2.17. The number of hydrogen-bond acceptors (Lipinski definition) is 3.